The number of para-hydroxylation sites is 3. The molecular formula is C53H36BNO2. The first kappa shape index (κ1) is 32.2. The predicted molar refractivity (Wildman–Crippen MR) is 237 cm³/mol. The van der Waals surface area contributed by atoms with Crippen molar-refractivity contribution < 1.29 is 9.47 Å². The van der Waals surface area contributed by atoms with Crippen LogP contribution in [0.3, 0.4) is 0 Å². The van der Waals surface area contributed by atoms with Crippen LogP contribution in [0.5, 0.6) is 23.0 Å². The van der Waals surface area contributed by atoms with Crippen LogP contribution >= 0.6 is 0 Å². The van der Waals surface area contributed by atoms with Crippen LogP contribution in [0.2, 0.25) is 0 Å². The molecule has 3 aliphatic rings. The summed E-state index contributed by atoms with van der Waals surface area (Å²) in [7, 11) is 0. The monoisotopic (exact) mass is 729 g/mol. The van der Waals surface area contributed by atoms with Crippen LogP contribution in [0.25, 0.3) is 43.8 Å². The van der Waals surface area contributed by atoms with Gasteiger partial charge >= 0.3 is 0 Å². The molecule has 0 N–H and O–H groups in total. The highest BCUT2D eigenvalue weighted by atomic mass is 16.5. The van der Waals surface area contributed by atoms with Gasteiger partial charge in [-0.3, -0.25) is 0 Å². The number of ether oxygens (including phenoxy) is 2. The molecule has 0 atom stereocenters. The van der Waals surface area contributed by atoms with Gasteiger partial charge < -0.3 is 14.4 Å². The summed E-state index contributed by atoms with van der Waals surface area (Å²) in [6, 6.07) is 65.6. The molecule has 2 heterocycles. The summed E-state index contributed by atoms with van der Waals surface area (Å²) < 4.78 is 13.9. The predicted octanol–water partition coefficient (Wildman–Crippen LogP) is 12.2. The molecule has 0 spiro atoms. The molecule has 0 radical (unpaired) electrons. The van der Waals surface area contributed by atoms with Crippen molar-refractivity contribution in [3.05, 3.63) is 193 Å². The van der Waals surface area contributed by atoms with Crippen LogP contribution in [0.1, 0.15) is 25.0 Å². The molecule has 2 aliphatic heterocycles. The number of nitrogens with zero attached hydrogens (tertiary/aromatic N) is 1. The van der Waals surface area contributed by atoms with Gasteiger partial charge in [0.1, 0.15) is 23.0 Å². The first-order valence-electron chi connectivity index (χ1n) is 19.8. The van der Waals surface area contributed by atoms with Crippen LogP contribution in [-0.4, -0.2) is 6.71 Å². The summed E-state index contributed by atoms with van der Waals surface area (Å²) in [6.07, 6.45) is 0. The quantitative estimate of drug-likeness (QED) is 0.168. The van der Waals surface area contributed by atoms with Gasteiger partial charge in [0.2, 0.25) is 0 Å². The molecule has 1 aliphatic carbocycles. The Hall–Kier alpha value is -7.04. The normalized spacial score (nSPS) is 13.8. The van der Waals surface area contributed by atoms with Crippen molar-refractivity contribution in [2.45, 2.75) is 19.3 Å². The first-order valence-corrected chi connectivity index (χ1v) is 19.8. The summed E-state index contributed by atoms with van der Waals surface area (Å²) in [5.41, 5.74) is 13.9. The summed E-state index contributed by atoms with van der Waals surface area (Å²) in [6.45, 7) is 4.74. The molecule has 0 unspecified atom stereocenters. The third kappa shape index (κ3) is 4.68. The zero-order chi connectivity index (χ0) is 37.8. The maximum absolute atomic E-state index is 7.12. The second kappa shape index (κ2) is 12.0. The Labute approximate surface area is 332 Å². The van der Waals surface area contributed by atoms with Gasteiger partial charge in [-0.2, -0.15) is 0 Å². The zero-order valence-electron chi connectivity index (χ0n) is 31.7. The summed E-state index contributed by atoms with van der Waals surface area (Å²) in [4.78, 5) is 2.40. The molecule has 0 bridgehead atoms. The zero-order valence-corrected chi connectivity index (χ0v) is 31.7. The highest BCUT2D eigenvalue weighted by molar-refractivity contribution is 6.98. The molecule has 0 amide bonds. The lowest BCUT2D eigenvalue weighted by Crippen LogP contribution is -2.57. The van der Waals surface area contributed by atoms with E-state index >= 15 is 0 Å². The Balaban J connectivity index is 1.08. The SMILES string of the molecule is CC1(C)c2cc3c(cc2-c2c1cc(N(c1ccccc1)c1ccccc1)c1ccccc21)Oc1cc(-c2cccc4ccccc24)cc2c1B3c1ccccc1O2. The van der Waals surface area contributed by atoms with E-state index in [1.54, 1.807) is 0 Å². The molecule has 0 aromatic heterocycles. The largest absolute Gasteiger partial charge is 0.458 e. The average molecular weight is 730 g/mol. The van der Waals surface area contributed by atoms with E-state index in [1.807, 2.05) is 0 Å². The number of fused-ring (bicyclic) bond motifs is 10. The third-order valence-corrected chi connectivity index (χ3v) is 12.5. The number of anilines is 3. The van der Waals surface area contributed by atoms with Crippen LogP contribution in [0.4, 0.5) is 17.1 Å². The summed E-state index contributed by atoms with van der Waals surface area (Å²) in [5, 5.41) is 4.86. The Bertz CT molecular complexity index is 3070. The minimum atomic E-state index is -0.288. The van der Waals surface area contributed by atoms with E-state index in [9.17, 15) is 0 Å². The van der Waals surface area contributed by atoms with E-state index in [0.29, 0.717) is 0 Å². The summed E-state index contributed by atoms with van der Waals surface area (Å²) in [5.74, 6) is 3.49. The molecule has 0 saturated heterocycles. The van der Waals surface area contributed by atoms with Crippen LogP contribution in [0, 0.1) is 0 Å². The number of benzene rings is 9. The van der Waals surface area contributed by atoms with Gasteiger partial charge in [-0.1, -0.05) is 141 Å². The number of hydrogen-bond donors (Lipinski definition) is 0. The van der Waals surface area contributed by atoms with Gasteiger partial charge in [0.15, 0.2) is 0 Å². The maximum Gasteiger partial charge on any atom is 0.260 e. The van der Waals surface area contributed by atoms with Gasteiger partial charge in [0.25, 0.3) is 6.71 Å². The van der Waals surface area contributed by atoms with Crippen LogP contribution < -0.4 is 30.8 Å². The molecule has 268 valence electrons. The number of hydrogen-bond acceptors (Lipinski definition) is 3. The Kier molecular flexibility index (Phi) is 6.77. The maximum atomic E-state index is 7.12. The van der Waals surface area contributed by atoms with Gasteiger partial charge in [0, 0.05) is 27.6 Å². The van der Waals surface area contributed by atoms with E-state index in [2.05, 4.69) is 201 Å². The molecule has 9 aromatic carbocycles. The molecule has 0 fully saturated rings. The van der Waals surface area contributed by atoms with Crippen molar-refractivity contribution in [2.75, 3.05) is 4.90 Å². The van der Waals surface area contributed by atoms with Crippen LogP contribution in [0.15, 0.2) is 182 Å². The third-order valence-electron chi connectivity index (χ3n) is 12.5. The van der Waals surface area contributed by atoms with E-state index in [4.69, 9.17) is 9.47 Å². The van der Waals surface area contributed by atoms with Crippen molar-refractivity contribution in [1.82, 2.24) is 0 Å². The van der Waals surface area contributed by atoms with E-state index < -0.39 is 0 Å². The highest BCUT2D eigenvalue weighted by Crippen LogP contribution is 2.55. The Morgan fingerprint density at radius 1 is 0.456 bits per heavy atom. The van der Waals surface area contributed by atoms with E-state index in [-0.39, 0.29) is 12.1 Å². The first-order chi connectivity index (χ1) is 28.0. The fraction of sp³-hybridized carbons (Fsp3) is 0.0566. The Morgan fingerprint density at radius 3 is 1.82 bits per heavy atom. The van der Waals surface area contributed by atoms with Crippen molar-refractivity contribution in [1.29, 1.82) is 0 Å². The Morgan fingerprint density at radius 2 is 1.07 bits per heavy atom. The molecule has 3 nitrogen and oxygen atoms in total. The molecule has 0 saturated carbocycles. The lowest BCUT2D eigenvalue weighted by molar-refractivity contribution is 0.465. The second-order valence-corrected chi connectivity index (χ2v) is 16.0. The highest BCUT2D eigenvalue weighted by Gasteiger charge is 2.44. The van der Waals surface area contributed by atoms with Crippen molar-refractivity contribution in [2.24, 2.45) is 0 Å². The molecule has 9 aromatic rings. The molecule has 12 rings (SSSR count). The minimum absolute atomic E-state index is 0.0333. The lowest BCUT2D eigenvalue weighted by Gasteiger charge is -2.34. The van der Waals surface area contributed by atoms with Crippen LogP contribution in [-0.2, 0) is 5.41 Å². The van der Waals surface area contributed by atoms with Crippen molar-refractivity contribution in [3.63, 3.8) is 0 Å². The fourth-order valence-corrected chi connectivity index (χ4v) is 9.90. The lowest BCUT2D eigenvalue weighted by atomic mass is 9.34. The molecule has 4 heteroatoms. The van der Waals surface area contributed by atoms with Crippen molar-refractivity contribution in [3.8, 4) is 45.3 Å². The van der Waals surface area contributed by atoms with Gasteiger partial charge in [-0.05, 0) is 115 Å². The van der Waals surface area contributed by atoms with Gasteiger partial charge in [-0.25, -0.2) is 0 Å². The smallest absolute Gasteiger partial charge is 0.260 e. The minimum Gasteiger partial charge on any atom is -0.458 e. The van der Waals surface area contributed by atoms with E-state index in [0.717, 1.165) is 56.4 Å². The van der Waals surface area contributed by atoms with E-state index in [1.165, 1.54) is 54.9 Å². The topological polar surface area (TPSA) is 21.7 Å². The number of rotatable bonds is 4. The van der Waals surface area contributed by atoms with Crippen molar-refractivity contribution >= 4 is 61.7 Å². The standard InChI is InChI=1S/C53H36BNO2/c1-53(2)42-31-45-48(30-41(42)51-40-24-12-11-23-39(40)46(32-43(51)53)55(35-18-5-3-6-19-35)36-20-7-4-8-21-36)57-50-29-34(38-25-15-17-33-16-9-10-22-37(33)38)28-49-52(50)54(45)44-26-13-14-27-47(44)56-49/h3-32H,1-2H3. The molecule has 57 heavy (non-hydrogen) atoms. The average Bonchev–Trinajstić information content (AvgIpc) is 3.48. The fourth-order valence-electron chi connectivity index (χ4n) is 9.90. The molecular weight excluding hydrogens is 693 g/mol. The summed E-state index contributed by atoms with van der Waals surface area (Å²) >= 11 is 0. The second-order valence-electron chi connectivity index (χ2n) is 16.0. The van der Waals surface area contributed by atoms with Gasteiger partial charge in [-0.15, -0.1) is 0 Å². The van der Waals surface area contributed by atoms with Gasteiger partial charge in [0.05, 0.1) is 5.69 Å².